The molecule has 0 aromatic heterocycles. The van der Waals surface area contributed by atoms with Crippen LogP contribution in [0.15, 0.2) is 18.2 Å². The molecule has 1 aliphatic carbocycles. The number of halogens is 2. The third kappa shape index (κ3) is 3.15. The first-order valence-corrected chi connectivity index (χ1v) is 7.87. The second-order valence-corrected chi connectivity index (χ2v) is 6.28. The zero-order valence-electron chi connectivity index (χ0n) is 12.2. The Hall–Kier alpha value is -1.29. The zero-order chi connectivity index (χ0) is 14.8. The van der Waals surface area contributed by atoms with Crippen LogP contribution < -0.4 is 0 Å². The van der Waals surface area contributed by atoms with Gasteiger partial charge in [-0.25, -0.2) is 8.78 Å². The van der Waals surface area contributed by atoms with Crippen LogP contribution in [-0.4, -0.2) is 29.8 Å². The number of ketones is 1. The zero-order valence-corrected chi connectivity index (χ0v) is 12.2. The van der Waals surface area contributed by atoms with Gasteiger partial charge in [0.1, 0.15) is 0 Å². The van der Waals surface area contributed by atoms with Gasteiger partial charge in [-0.15, -0.1) is 0 Å². The number of likely N-dealkylation sites (tertiary alicyclic amines) is 1. The van der Waals surface area contributed by atoms with E-state index < -0.39 is 11.6 Å². The Morgan fingerprint density at radius 2 is 1.86 bits per heavy atom. The van der Waals surface area contributed by atoms with Crippen LogP contribution in [0.4, 0.5) is 8.78 Å². The lowest BCUT2D eigenvalue weighted by Crippen LogP contribution is -2.38. The molecule has 1 aliphatic heterocycles. The summed E-state index contributed by atoms with van der Waals surface area (Å²) < 4.78 is 26.2. The lowest BCUT2D eigenvalue weighted by atomic mass is 9.95. The first-order valence-electron chi connectivity index (χ1n) is 7.87. The van der Waals surface area contributed by atoms with E-state index in [1.807, 2.05) is 0 Å². The molecule has 2 aliphatic rings. The van der Waals surface area contributed by atoms with Crippen molar-refractivity contribution in [1.29, 1.82) is 0 Å². The van der Waals surface area contributed by atoms with Crippen LogP contribution in [0, 0.1) is 17.6 Å². The molecule has 0 amide bonds. The molecular formula is C17H21F2NO. The summed E-state index contributed by atoms with van der Waals surface area (Å²) in [5.74, 6) is -1.25. The van der Waals surface area contributed by atoms with Gasteiger partial charge in [-0.2, -0.15) is 0 Å². The van der Waals surface area contributed by atoms with Crippen molar-refractivity contribution in [2.24, 2.45) is 5.92 Å². The molecule has 1 aromatic carbocycles. The second-order valence-electron chi connectivity index (χ2n) is 6.28. The van der Waals surface area contributed by atoms with E-state index in [0.29, 0.717) is 18.5 Å². The van der Waals surface area contributed by atoms with Gasteiger partial charge >= 0.3 is 0 Å². The number of nitrogens with zero attached hydrogens (tertiary/aromatic N) is 1. The quantitative estimate of drug-likeness (QED) is 0.787. The van der Waals surface area contributed by atoms with Crippen molar-refractivity contribution in [2.75, 3.05) is 13.1 Å². The fourth-order valence-corrected chi connectivity index (χ4v) is 3.87. The molecule has 1 unspecified atom stereocenters. The molecule has 4 heteroatoms. The summed E-state index contributed by atoms with van der Waals surface area (Å²) in [6.07, 6.45) is 7.42. The van der Waals surface area contributed by atoms with E-state index >= 15 is 0 Å². The summed E-state index contributed by atoms with van der Waals surface area (Å²) in [5.41, 5.74) is 0.269. The van der Waals surface area contributed by atoms with Gasteiger partial charge in [-0.05, 0) is 56.3 Å². The van der Waals surface area contributed by atoms with E-state index in [1.165, 1.54) is 31.7 Å². The standard InChI is InChI=1S/C17H21F2NO/c18-14-8-7-13(10-15(14)19)17(21)11-20-9-3-6-16(20)12-4-1-2-5-12/h7-8,10,12,16H,1-6,9,11H2. The molecule has 1 atom stereocenters. The molecule has 2 fully saturated rings. The lowest BCUT2D eigenvalue weighted by Gasteiger charge is -2.28. The van der Waals surface area contributed by atoms with E-state index in [-0.39, 0.29) is 11.3 Å². The smallest absolute Gasteiger partial charge is 0.176 e. The number of hydrogen-bond donors (Lipinski definition) is 0. The van der Waals surface area contributed by atoms with Gasteiger partial charge in [0.15, 0.2) is 17.4 Å². The summed E-state index contributed by atoms with van der Waals surface area (Å²) in [7, 11) is 0. The molecule has 1 saturated carbocycles. The van der Waals surface area contributed by atoms with Crippen molar-refractivity contribution < 1.29 is 13.6 Å². The van der Waals surface area contributed by atoms with Gasteiger partial charge in [-0.3, -0.25) is 9.69 Å². The van der Waals surface area contributed by atoms with E-state index in [9.17, 15) is 13.6 Å². The highest BCUT2D eigenvalue weighted by Crippen LogP contribution is 2.35. The van der Waals surface area contributed by atoms with Crippen molar-refractivity contribution in [1.82, 2.24) is 4.90 Å². The average molecular weight is 293 g/mol. The molecule has 0 N–H and O–H groups in total. The minimum absolute atomic E-state index is 0.112. The SMILES string of the molecule is O=C(CN1CCCC1C1CCCC1)c1ccc(F)c(F)c1. The molecule has 0 bridgehead atoms. The number of benzene rings is 1. The molecule has 3 rings (SSSR count). The minimum atomic E-state index is -0.949. The van der Waals surface area contributed by atoms with Gasteiger partial charge in [0.05, 0.1) is 6.54 Å². The fraction of sp³-hybridized carbons (Fsp3) is 0.588. The predicted octanol–water partition coefficient (Wildman–Crippen LogP) is 3.80. The van der Waals surface area contributed by atoms with Crippen LogP contribution in [0.5, 0.6) is 0 Å². The highest BCUT2D eigenvalue weighted by atomic mass is 19.2. The van der Waals surface area contributed by atoms with Crippen molar-refractivity contribution in [2.45, 2.75) is 44.6 Å². The Labute approximate surface area is 124 Å². The Morgan fingerprint density at radius 1 is 1.10 bits per heavy atom. The summed E-state index contributed by atoms with van der Waals surface area (Å²) in [6, 6.07) is 3.92. The first-order chi connectivity index (χ1) is 10.1. The van der Waals surface area contributed by atoms with Crippen molar-refractivity contribution >= 4 is 5.78 Å². The van der Waals surface area contributed by atoms with Gasteiger partial charge < -0.3 is 0 Å². The van der Waals surface area contributed by atoms with E-state index in [1.54, 1.807) is 0 Å². The summed E-state index contributed by atoms with van der Waals surface area (Å²) >= 11 is 0. The van der Waals surface area contributed by atoms with Crippen LogP contribution in [0.25, 0.3) is 0 Å². The summed E-state index contributed by atoms with van der Waals surface area (Å²) in [5, 5.41) is 0. The van der Waals surface area contributed by atoms with Gasteiger partial charge in [-0.1, -0.05) is 12.8 Å². The molecule has 114 valence electrons. The van der Waals surface area contributed by atoms with Crippen LogP contribution in [0.1, 0.15) is 48.9 Å². The van der Waals surface area contributed by atoms with Crippen LogP contribution in [0.3, 0.4) is 0 Å². The molecule has 2 nitrogen and oxygen atoms in total. The number of rotatable bonds is 4. The molecule has 0 spiro atoms. The summed E-state index contributed by atoms with van der Waals surface area (Å²) in [4.78, 5) is 14.5. The Balaban J connectivity index is 1.67. The van der Waals surface area contributed by atoms with E-state index in [2.05, 4.69) is 4.90 Å². The topological polar surface area (TPSA) is 20.3 Å². The highest BCUT2D eigenvalue weighted by molar-refractivity contribution is 5.97. The number of carbonyl (C=O) groups is 1. The van der Waals surface area contributed by atoms with Gasteiger partial charge in [0.25, 0.3) is 0 Å². The number of carbonyl (C=O) groups excluding carboxylic acids is 1. The van der Waals surface area contributed by atoms with Crippen LogP contribution in [-0.2, 0) is 0 Å². The highest BCUT2D eigenvalue weighted by Gasteiger charge is 2.34. The van der Waals surface area contributed by atoms with Crippen molar-refractivity contribution in [3.8, 4) is 0 Å². The van der Waals surface area contributed by atoms with Crippen LogP contribution >= 0.6 is 0 Å². The minimum Gasteiger partial charge on any atom is -0.293 e. The Bertz CT molecular complexity index is 526. The first kappa shape index (κ1) is 14.6. The molecule has 1 saturated heterocycles. The lowest BCUT2D eigenvalue weighted by molar-refractivity contribution is 0.0895. The predicted molar refractivity (Wildman–Crippen MR) is 77.2 cm³/mol. The maximum Gasteiger partial charge on any atom is 0.176 e. The third-order valence-electron chi connectivity index (χ3n) is 4.95. The monoisotopic (exact) mass is 293 g/mol. The maximum absolute atomic E-state index is 13.2. The molecule has 1 aromatic rings. The normalized spacial score (nSPS) is 23.8. The van der Waals surface area contributed by atoms with Gasteiger partial charge in [0, 0.05) is 11.6 Å². The fourth-order valence-electron chi connectivity index (χ4n) is 3.87. The molecule has 1 heterocycles. The Kier molecular flexibility index (Phi) is 4.34. The average Bonchev–Trinajstić information content (AvgIpc) is 3.12. The summed E-state index contributed by atoms with van der Waals surface area (Å²) in [6.45, 7) is 1.27. The number of hydrogen-bond acceptors (Lipinski definition) is 2. The van der Waals surface area contributed by atoms with Gasteiger partial charge in [0.2, 0.25) is 0 Å². The largest absolute Gasteiger partial charge is 0.293 e. The maximum atomic E-state index is 13.2. The van der Waals surface area contributed by atoms with E-state index in [4.69, 9.17) is 0 Å². The van der Waals surface area contributed by atoms with Crippen LogP contribution in [0.2, 0.25) is 0 Å². The molecule has 0 radical (unpaired) electrons. The van der Waals surface area contributed by atoms with Crippen molar-refractivity contribution in [3.63, 3.8) is 0 Å². The number of Topliss-reactive ketones (excluding diaryl/α,β-unsaturated/α-hetero) is 1. The third-order valence-corrected chi connectivity index (χ3v) is 4.95. The second kappa shape index (κ2) is 6.22. The van der Waals surface area contributed by atoms with E-state index in [0.717, 1.165) is 31.5 Å². The van der Waals surface area contributed by atoms with Crippen molar-refractivity contribution in [3.05, 3.63) is 35.4 Å². The molecule has 21 heavy (non-hydrogen) atoms. The Morgan fingerprint density at radius 3 is 2.57 bits per heavy atom. The molecular weight excluding hydrogens is 272 g/mol.